The third kappa shape index (κ3) is 1.83. The Hall–Kier alpha value is -0.930. The van der Waals surface area contributed by atoms with Crippen molar-refractivity contribution >= 4 is 11.6 Å². The van der Waals surface area contributed by atoms with Gasteiger partial charge in [-0.25, -0.2) is 0 Å². The molecule has 102 valence electrons. The van der Waals surface area contributed by atoms with Crippen molar-refractivity contribution in [2.45, 2.75) is 31.1 Å². The van der Waals surface area contributed by atoms with Crippen LogP contribution in [0.2, 0.25) is 5.02 Å². The molecule has 0 aromatic heterocycles. The van der Waals surface area contributed by atoms with E-state index in [1.807, 2.05) is 6.07 Å². The van der Waals surface area contributed by atoms with E-state index in [4.69, 9.17) is 26.8 Å². The van der Waals surface area contributed by atoms with E-state index >= 15 is 0 Å². The molecule has 2 fully saturated rings. The van der Waals surface area contributed by atoms with Gasteiger partial charge in [0, 0.05) is 28.5 Å². The fourth-order valence-electron chi connectivity index (χ4n) is 2.87. The first-order chi connectivity index (χ1) is 9.16. The van der Waals surface area contributed by atoms with Crippen LogP contribution < -0.4 is 15.2 Å². The summed E-state index contributed by atoms with van der Waals surface area (Å²) in [7, 11) is 0. The van der Waals surface area contributed by atoms with Crippen LogP contribution in [0.1, 0.15) is 31.2 Å². The number of hydrogen-bond acceptors (Lipinski definition) is 3. The Bertz CT molecular complexity index is 535. The summed E-state index contributed by atoms with van der Waals surface area (Å²) in [5, 5.41) is 0.761. The highest BCUT2D eigenvalue weighted by Crippen LogP contribution is 2.54. The number of rotatable bonds is 2. The summed E-state index contributed by atoms with van der Waals surface area (Å²) in [5.41, 5.74) is 7.37. The van der Waals surface area contributed by atoms with Gasteiger partial charge in [0.05, 0.1) is 13.2 Å². The van der Waals surface area contributed by atoms with Gasteiger partial charge in [0.25, 0.3) is 0 Å². The molecule has 0 radical (unpaired) electrons. The molecule has 1 aliphatic heterocycles. The zero-order chi connectivity index (χ0) is 13.1. The maximum Gasteiger partial charge on any atom is 0.162 e. The fraction of sp³-hybridized carbons (Fsp3) is 0.600. The lowest BCUT2D eigenvalue weighted by Crippen LogP contribution is -2.20. The first-order valence-electron chi connectivity index (χ1n) is 6.96. The average Bonchev–Trinajstić information content (AvgIpc) is 3.30. The van der Waals surface area contributed by atoms with Gasteiger partial charge in [0.15, 0.2) is 11.5 Å². The average molecular weight is 280 g/mol. The fourth-order valence-corrected chi connectivity index (χ4v) is 3.22. The van der Waals surface area contributed by atoms with Crippen LogP contribution in [0.3, 0.4) is 0 Å². The van der Waals surface area contributed by atoms with Crippen LogP contribution in [0.5, 0.6) is 11.5 Å². The van der Waals surface area contributed by atoms with Crippen LogP contribution in [0.25, 0.3) is 0 Å². The summed E-state index contributed by atoms with van der Waals surface area (Å²) in [5.74, 6) is 1.62. The molecule has 0 saturated heterocycles. The quantitative estimate of drug-likeness (QED) is 0.905. The Kier molecular flexibility index (Phi) is 2.37. The zero-order valence-electron chi connectivity index (χ0n) is 10.9. The molecule has 3 nitrogen and oxygen atoms in total. The molecule has 2 saturated carbocycles. The Morgan fingerprint density at radius 2 is 1.68 bits per heavy atom. The Morgan fingerprint density at radius 1 is 1.05 bits per heavy atom. The van der Waals surface area contributed by atoms with Gasteiger partial charge in [-0.3, -0.25) is 0 Å². The molecule has 1 aromatic rings. The SMILES string of the molecule is NCC1(c2cc3c(cc2Cl)OCC2(CC2)CO3)CC1. The van der Waals surface area contributed by atoms with E-state index < -0.39 is 0 Å². The van der Waals surface area contributed by atoms with E-state index in [1.165, 1.54) is 12.8 Å². The summed E-state index contributed by atoms with van der Waals surface area (Å²) in [6, 6.07) is 3.96. The van der Waals surface area contributed by atoms with E-state index in [0.29, 0.717) is 6.54 Å². The van der Waals surface area contributed by atoms with Crippen LogP contribution in [0.4, 0.5) is 0 Å². The lowest BCUT2D eigenvalue weighted by molar-refractivity contribution is 0.197. The highest BCUT2D eigenvalue weighted by atomic mass is 35.5. The lowest BCUT2D eigenvalue weighted by atomic mass is 9.95. The molecule has 2 aliphatic carbocycles. The molecule has 1 aromatic carbocycles. The predicted molar refractivity (Wildman–Crippen MR) is 74.1 cm³/mol. The summed E-state index contributed by atoms with van der Waals surface area (Å²) >= 11 is 6.41. The smallest absolute Gasteiger partial charge is 0.162 e. The zero-order valence-corrected chi connectivity index (χ0v) is 11.6. The molecule has 19 heavy (non-hydrogen) atoms. The molecule has 0 bridgehead atoms. The van der Waals surface area contributed by atoms with Crippen molar-refractivity contribution in [1.82, 2.24) is 0 Å². The summed E-state index contributed by atoms with van der Waals surface area (Å²) in [4.78, 5) is 0. The Labute approximate surface area is 118 Å². The second-order valence-corrected chi connectivity index (χ2v) is 6.75. The molecular formula is C15H18ClNO2. The number of nitrogens with two attached hydrogens (primary N) is 1. The maximum atomic E-state index is 6.41. The van der Waals surface area contributed by atoms with Crippen molar-refractivity contribution in [3.63, 3.8) is 0 Å². The molecular weight excluding hydrogens is 262 g/mol. The normalized spacial score (nSPS) is 24.9. The molecule has 0 unspecified atom stereocenters. The number of fused-ring (bicyclic) bond motifs is 1. The van der Waals surface area contributed by atoms with E-state index in [1.54, 1.807) is 0 Å². The van der Waals surface area contributed by atoms with Crippen LogP contribution in [0.15, 0.2) is 12.1 Å². The maximum absolute atomic E-state index is 6.41. The largest absolute Gasteiger partial charge is 0.489 e. The molecule has 0 amide bonds. The minimum Gasteiger partial charge on any atom is -0.489 e. The van der Waals surface area contributed by atoms with Crippen molar-refractivity contribution in [3.05, 3.63) is 22.7 Å². The molecule has 1 heterocycles. The van der Waals surface area contributed by atoms with E-state index in [-0.39, 0.29) is 10.8 Å². The van der Waals surface area contributed by atoms with Gasteiger partial charge in [-0.1, -0.05) is 11.6 Å². The number of benzene rings is 1. The molecule has 0 atom stereocenters. The van der Waals surface area contributed by atoms with Gasteiger partial charge < -0.3 is 15.2 Å². The Balaban J connectivity index is 1.71. The first-order valence-corrected chi connectivity index (χ1v) is 7.34. The van der Waals surface area contributed by atoms with Crippen LogP contribution in [-0.2, 0) is 5.41 Å². The van der Waals surface area contributed by atoms with Gasteiger partial charge in [-0.2, -0.15) is 0 Å². The standard InChI is InChI=1S/C15H18ClNO2/c16-11-6-13-12(5-10(11)15(7-17)3-4-15)18-8-14(1-2-14)9-19-13/h5-6H,1-4,7-9,17H2. The minimum absolute atomic E-state index is 0.0824. The van der Waals surface area contributed by atoms with Gasteiger partial charge in [-0.15, -0.1) is 0 Å². The first kappa shape index (κ1) is 11.9. The third-order valence-corrected chi connectivity index (χ3v) is 5.19. The molecule has 2 N–H and O–H groups in total. The van der Waals surface area contributed by atoms with E-state index in [0.717, 1.165) is 48.1 Å². The summed E-state index contributed by atoms with van der Waals surface area (Å²) < 4.78 is 11.9. The number of hydrogen-bond donors (Lipinski definition) is 1. The Morgan fingerprint density at radius 3 is 2.21 bits per heavy atom. The van der Waals surface area contributed by atoms with Gasteiger partial charge >= 0.3 is 0 Å². The summed E-state index contributed by atoms with van der Waals surface area (Å²) in [6.07, 6.45) is 4.64. The predicted octanol–water partition coefficient (Wildman–Crippen LogP) is 2.88. The van der Waals surface area contributed by atoms with Crippen molar-refractivity contribution in [2.75, 3.05) is 19.8 Å². The van der Waals surface area contributed by atoms with Crippen LogP contribution in [-0.4, -0.2) is 19.8 Å². The second kappa shape index (κ2) is 3.80. The van der Waals surface area contributed by atoms with Crippen molar-refractivity contribution in [1.29, 1.82) is 0 Å². The topological polar surface area (TPSA) is 44.5 Å². The highest BCUT2D eigenvalue weighted by molar-refractivity contribution is 6.31. The number of halogens is 1. The van der Waals surface area contributed by atoms with E-state index in [9.17, 15) is 0 Å². The van der Waals surface area contributed by atoms with Crippen molar-refractivity contribution in [2.24, 2.45) is 11.1 Å². The van der Waals surface area contributed by atoms with Crippen LogP contribution >= 0.6 is 11.6 Å². The van der Waals surface area contributed by atoms with Gasteiger partial charge in [0.1, 0.15) is 0 Å². The lowest BCUT2D eigenvalue weighted by Gasteiger charge is -2.17. The second-order valence-electron chi connectivity index (χ2n) is 6.34. The molecule has 3 aliphatic rings. The molecule has 4 heteroatoms. The molecule has 1 spiro atoms. The monoisotopic (exact) mass is 279 g/mol. The minimum atomic E-state index is 0.0824. The summed E-state index contributed by atoms with van der Waals surface area (Å²) in [6.45, 7) is 2.16. The van der Waals surface area contributed by atoms with Crippen molar-refractivity contribution < 1.29 is 9.47 Å². The molecule has 4 rings (SSSR count). The van der Waals surface area contributed by atoms with E-state index in [2.05, 4.69) is 6.07 Å². The third-order valence-electron chi connectivity index (χ3n) is 4.87. The van der Waals surface area contributed by atoms with Crippen LogP contribution in [0, 0.1) is 5.41 Å². The number of ether oxygens (including phenoxy) is 2. The van der Waals surface area contributed by atoms with Crippen molar-refractivity contribution in [3.8, 4) is 11.5 Å². The van der Waals surface area contributed by atoms with Gasteiger partial charge in [0.2, 0.25) is 0 Å². The highest BCUT2D eigenvalue weighted by Gasteiger charge is 2.47. The van der Waals surface area contributed by atoms with Gasteiger partial charge in [-0.05, 0) is 37.3 Å².